The fourth-order valence-electron chi connectivity index (χ4n) is 1.93. The molecule has 1 unspecified atom stereocenters. The molecule has 0 saturated carbocycles. The predicted molar refractivity (Wildman–Crippen MR) is 64.6 cm³/mol. The summed E-state index contributed by atoms with van der Waals surface area (Å²) in [7, 11) is 0. The molecule has 1 aromatic heterocycles. The molecule has 1 atom stereocenters. The SMILES string of the molecule is CC(=O)c1ccc(C(=O)OCC2CCCOC2)[nH]1. The second-order valence-corrected chi connectivity index (χ2v) is 4.52. The van der Waals surface area contributed by atoms with Gasteiger partial charge in [-0.25, -0.2) is 4.79 Å². The molecule has 0 aliphatic carbocycles. The van der Waals surface area contributed by atoms with Crippen LogP contribution in [0, 0.1) is 5.92 Å². The molecule has 1 fully saturated rings. The molecule has 0 radical (unpaired) electrons. The number of aromatic amines is 1. The summed E-state index contributed by atoms with van der Waals surface area (Å²) < 4.78 is 10.5. The number of H-pyrrole nitrogens is 1. The number of ether oxygens (including phenoxy) is 2. The standard InChI is InChI=1S/C13H17NO4/c1-9(15)11-4-5-12(14-11)13(16)18-8-10-3-2-6-17-7-10/h4-5,10,14H,2-3,6-8H2,1H3. The Morgan fingerprint density at radius 3 is 2.83 bits per heavy atom. The Hall–Kier alpha value is -1.62. The van der Waals surface area contributed by atoms with E-state index in [1.807, 2.05) is 0 Å². The zero-order valence-electron chi connectivity index (χ0n) is 10.4. The normalized spacial score (nSPS) is 19.5. The Kier molecular flexibility index (Phi) is 4.15. The molecular formula is C13H17NO4. The lowest BCUT2D eigenvalue weighted by molar-refractivity contribution is 0.00828. The van der Waals surface area contributed by atoms with Crippen molar-refractivity contribution in [3.63, 3.8) is 0 Å². The van der Waals surface area contributed by atoms with E-state index in [2.05, 4.69) is 4.98 Å². The Morgan fingerprint density at radius 1 is 1.44 bits per heavy atom. The molecule has 1 aliphatic rings. The maximum absolute atomic E-state index is 11.7. The van der Waals surface area contributed by atoms with Crippen molar-refractivity contribution in [3.8, 4) is 0 Å². The summed E-state index contributed by atoms with van der Waals surface area (Å²) in [6.45, 7) is 3.26. The molecule has 5 heteroatoms. The van der Waals surface area contributed by atoms with Crippen molar-refractivity contribution in [2.45, 2.75) is 19.8 Å². The lowest BCUT2D eigenvalue weighted by Crippen LogP contribution is -2.23. The molecule has 2 heterocycles. The second-order valence-electron chi connectivity index (χ2n) is 4.52. The maximum atomic E-state index is 11.7. The van der Waals surface area contributed by atoms with Crippen LogP contribution in [0.25, 0.3) is 0 Å². The molecule has 5 nitrogen and oxygen atoms in total. The number of rotatable bonds is 4. The fourth-order valence-corrected chi connectivity index (χ4v) is 1.93. The van der Waals surface area contributed by atoms with Crippen molar-refractivity contribution in [2.24, 2.45) is 5.92 Å². The van der Waals surface area contributed by atoms with Crippen molar-refractivity contribution < 1.29 is 19.1 Å². The first-order valence-electron chi connectivity index (χ1n) is 6.11. The molecule has 1 aromatic rings. The summed E-state index contributed by atoms with van der Waals surface area (Å²) in [5, 5.41) is 0. The van der Waals surface area contributed by atoms with E-state index in [0.29, 0.717) is 24.6 Å². The molecular weight excluding hydrogens is 234 g/mol. The van der Waals surface area contributed by atoms with Crippen molar-refractivity contribution in [1.82, 2.24) is 4.98 Å². The summed E-state index contributed by atoms with van der Waals surface area (Å²) in [5.41, 5.74) is 0.736. The molecule has 98 valence electrons. The van der Waals surface area contributed by atoms with Gasteiger partial charge in [0.2, 0.25) is 0 Å². The molecule has 18 heavy (non-hydrogen) atoms. The van der Waals surface area contributed by atoms with E-state index in [-0.39, 0.29) is 11.7 Å². The number of carbonyl (C=O) groups excluding carboxylic acids is 2. The summed E-state index contributed by atoms with van der Waals surface area (Å²) in [6, 6.07) is 3.15. The lowest BCUT2D eigenvalue weighted by Gasteiger charge is -2.21. The molecule has 1 aliphatic heterocycles. The monoisotopic (exact) mass is 251 g/mol. The highest BCUT2D eigenvalue weighted by Gasteiger charge is 2.17. The Bertz CT molecular complexity index is 432. The summed E-state index contributed by atoms with van der Waals surface area (Å²) in [4.78, 5) is 25.5. The average Bonchev–Trinajstić information content (AvgIpc) is 2.87. The van der Waals surface area contributed by atoms with Gasteiger partial charge in [-0.3, -0.25) is 4.79 Å². The maximum Gasteiger partial charge on any atom is 0.354 e. The molecule has 1 saturated heterocycles. The van der Waals surface area contributed by atoms with Crippen LogP contribution in [0.15, 0.2) is 12.1 Å². The quantitative estimate of drug-likeness (QED) is 0.654. The van der Waals surface area contributed by atoms with E-state index >= 15 is 0 Å². The number of esters is 1. The largest absolute Gasteiger partial charge is 0.461 e. The van der Waals surface area contributed by atoms with E-state index in [1.165, 1.54) is 6.92 Å². The van der Waals surface area contributed by atoms with Crippen LogP contribution < -0.4 is 0 Å². The zero-order valence-corrected chi connectivity index (χ0v) is 10.4. The minimum absolute atomic E-state index is 0.102. The Labute approximate surface area is 105 Å². The van der Waals surface area contributed by atoms with Gasteiger partial charge in [-0.15, -0.1) is 0 Å². The minimum Gasteiger partial charge on any atom is -0.461 e. The highest BCUT2D eigenvalue weighted by Crippen LogP contribution is 2.14. The highest BCUT2D eigenvalue weighted by atomic mass is 16.5. The van der Waals surface area contributed by atoms with Crippen molar-refractivity contribution in [1.29, 1.82) is 0 Å². The van der Waals surface area contributed by atoms with Crippen molar-refractivity contribution in [2.75, 3.05) is 19.8 Å². The van der Waals surface area contributed by atoms with Gasteiger partial charge in [0.05, 0.1) is 18.9 Å². The van der Waals surface area contributed by atoms with Crippen LogP contribution in [0.5, 0.6) is 0 Å². The third-order valence-electron chi connectivity index (χ3n) is 2.99. The number of aromatic nitrogens is 1. The predicted octanol–water partition coefficient (Wildman–Crippen LogP) is 1.80. The molecule has 0 amide bonds. The Morgan fingerprint density at radius 2 is 2.22 bits per heavy atom. The number of Topliss-reactive ketones (excluding diaryl/α,β-unsaturated/α-hetero) is 1. The van der Waals surface area contributed by atoms with E-state index in [9.17, 15) is 9.59 Å². The van der Waals surface area contributed by atoms with Gasteiger partial charge in [0.1, 0.15) is 5.69 Å². The summed E-state index contributed by atoms with van der Waals surface area (Å²) in [5.74, 6) is -0.243. The molecule has 1 N–H and O–H groups in total. The number of hydrogen-bond donors (Lipinski definition) is 1. The fraction of sp³-hybridized carbons (Fsp3) is 0.538. The number of nitrogens with one attached hydrogen (secondary N) is 1. The third kappa shape index (κ3) is 3.20. The summed E-state index contributed by atoms with van der Waals surface area (Å²) >= 11 is 0. The first kappa shape index (κ1) is 12.8. The van der Waals surface area contributed by atoms with Gasteiger partial charge in [-0.05, 0) is 25.0 Å². The molecule has 2 rings (SSSR count). The summed E-state index contributed by atoms with van der Waals surface area (Å²) in [6.07, 6.45) is 2.04. The molecule has 0 bridgehead atoms. The molecule has 0 aromatic carbocycles. The van der Waals surface area contributed by atoms with Crippen LogP contribution in [0.4, 0.5) is 0 Å². The lowest BCUT2D eigenvalue weighted by atomic mass is 10.0. The van der Waals surface area contributed by atoms with Gasteiger partial charge in [0, 0.05) is 19.4 Å². The smallest absolute Gasteiger partial charge is 0.354 e. The Balaban J connectivity index is 1.84. The van der Waals surface area contributed by atoms with Crippen molar-refractivity contribution >= 4 is 11.8 Å². The van der Waals surface area contributed by atoms with E-state index in [1.54, 1.807) is 12.1 Å². The van der Waals surface area contributed by atoms with Crippen LogP contribution >= 0.6 is 0 Å². The van der Waals surface area contributed by atoms with Crippen LogP contribution in [0.1, 0.15) is 40.7 Å². The zero-order chi connectivity index (χ0) is 13.0. The van der Waals surface area contributed by atoms with E-state index < -0.39 is 5.97 Å². The van der Waals surface area contributed by atoms with Gasteiger partial charge in [-0.2, -0.15) is 0 Å². The minimum atomic E-state index is -0.423. The first-order valence-corrected chi connectivity index (χ1v) is 6.11. The number of ketones is 1. The van der Waals surface area contributed by atoms with Gasteiger partial charge in [0.15, 0.2) is 5.78 Å². The van der Waals surface area contributed by atoms with Crippen LogP contribution in [-0.2, 0) is 9.47 Å². The topological polar surface area (TPSA) is 68.4 Å². The second kappa shape index (κ2) is 5.82. The van der Waals surface area contributed by atoms with Gasteiger partial charge < -0.3 is 14.5 Å². The average molecular weight is 251 g/mol. The van der Waals surface area contributed by atoms with Crippen molar-refractivity contribution in [3.05, 3.63) is 23.5 Å². The first-order chi connectivity index (χ1) is 8.66. The van der Waals surface area contributed by atoms with Crippen LogP contribution in [0.3, 0.4) is 0 Å². The van der Waals surface area contributed by atoms with Crippen LogP contribution in [0.2, 0.25) is 0 Å². The van der Waals surface area contributed by atoms with E-state index in [4.69, 9.17) is 9.47 Å². The van der Waals surface area contributed by atoms with Gasteiger partial charge in [-0.1, -0.05) is 0 Å². The third-order valence-corrected chi connectivity index (χ3v) is 2.99. The van der Waals surface area contributed by atoms with Gasteiger partial charge >= 0.3 is 5.97 Å². The number of hydrogen-bond acceptors (Lipinski definition) is 4. The van der Waals surface area contributed by atoms with E-state index in [0.717, 1.165) is 19.4 Å². The molecule has 0 spiro atoms. The van der Waals surface area contributed by atoms with Gasteiger partial charge in [0.25, 0.3) is 0 Å². The highest BCUT2D eigenvalue weighted by molar-refractivity contribution is 5.95. The number of carbonyl (C=O) groups is 2. The van der Waals surface area contributed by atoms with Crippen LogP contribution in [-0.4, -0.2) is 36.6 Å².